The van der Waals surface area contributed by atoms with Crippen molar-refractivity contribution in [2.45, 2.75) is 59.3 Å². The Bertz CT molecular complexity index is 5360. The van der Waals surface area contributed by atoms with E-state index >= 15 is 0 Å². The number of aromatic nitrogens is 1. The summed E-state index contributed by atoms with van der Waals surface area (Å²) in [6.07, 6.45) is 0. The Morgan fingerprint density at radius 1 is 0.538 bits per heavy atom. The number of anilines is 6. The number of rotatable bonds is 2. The smallest absolute Gasteiger partial charge is 0.297 e. The highest BCUT2D eigenvalue weighted by atomic mass is 32.1. The molecular formula is C59H46BN3OS. The highest BCUT2D eigenvalue weighted by Crippen LogP contribution is 2.55. The zero-order chi connectivity index (χ0) is 65.6. The van der Waals surface area contributed by atoms with E-state index < -0.39 is 184 Å². The summed E-state index contributed by atoms with van der Waals surface area (Å²) in [4.78, 5) is 2.53. The molecular weight excluding hydrogens is 810 g/mol. The van der Waals surface area contributed by atoms with Gasteiger partial charge in [-0.3, -0.25) is 0 Å². The van der Waals surface area contributed by atoms with Crippen LogP contribution in [0.3, 0.4) is 0 Å². The van der Waals surface area contributed by atoms with E-state index in [1.807, 2.05) is 0 Å². The third-order valence-corrected chi connectivity index (χ3v) is 13.4. The van der Waals surface area contributed by atoms with Crippen LogP contribution in [0.15, 0.2) is 155 Å². The lowest BCUT2D eigenvalue weighted by atomic mass is 9.35. The van der Waals surface area contributed by atoms with Crippen LogP contribution in [0.2, 0.25) is 0 Å². The van der Waals surface area contributed by atoms with Crippen LogP contribution in [0.25, 0.3) is 69.8 Å². The Balaban J connectivity index is 1.27. The van der Waals surface area contributed by atoms with Crippen molar-refractivity contribution >= 4 is 122 Å². The topological polar surface area (TPSA) is 24.6 Å². The van der Waals surface area contributed by atoms with Gasteiger partial charge in [0.05, 0.1) is 73.7 Å². The Labute approximate surface area is 418 Å². The van der Waals surface area contributed by atoms with E-state index in [4.69, 9.17) is 15.4 Å². The molecule has 6 heteroatoms. The van der Waals surface area contributed by atoms with E-state index in [1.54, 1.807) is 41.5 Å². The van der Waals surface area contributed by atoms with Crippen molar-refractivity contribution in [1.29, 1.82) is 0 Å². The van der Waals surface area contributed by atoms with Crippen LogP contribution in [0, 0.1) is 6.92 Å². The van der Waals surface area contributed by atoms with Gasteiger partial charge < -0.3 is 18.8 Å². The maximum Gasteiger partial charge on any atom is 0.297 e. The monoisotopic (exact) mass is 881 g/mol. The van der Waals surface area contributed by atoms with Crippen molar-refractivity contribution in [3.05, 3.63) is 168 Å². The largest absolute Gasteiger partial charge is 0.468 e. The molecule has 3 aliphatic rings. The molecule has 0 atom stereocenters. The van der Waals surface area contributed by atoms with E-state index in [1.165, 1.54) is 16.4 Å². The molecule has 0 unspecified atom stereocenters. The zero-order valence-electron chi connectivity index (χ0n) is 60.7. The highest BCUT2D eigenvalue weighted by Gasteiger charge is 2.49. The van der Waals surface area contributed by atoms with Gasteiger partial charge in [-0.1, -0.05) is 114 Å². The van der Waals surface area contributed by atoms with Crippen molar-refractivity contribution < 1.29 is 38.7 Å². The highest BCUT2D eigenvalue weighted by molar-refractivity contribution is 7.25. The first-order chi connectivity index (χ1) is 41.9. The molecule has 4 nitrogen and oxygen atoms in total. The summed E-state index contributed by atoms with van der Waals surface area (Å²) in [5.41, 5.74) is -6.95. The molecule has 0 radical (unpaired) electrons. The van der Waals surface area contributed by atoms with Gasteiger partial charge in [0.15, 0.2) is 0 Å². The van der Waals surface area contributed by atoms with Crippen LogP contribution < -0.4 is 26.4 Å². The first-order valence-electron chi connectivity index (χ1n) is 33.4. The van der Waals surface area contributed by atoms with Gasteiger partial charge in [-0.15, -0.1) is 11.3 Å². The molecule has 0 N–H and O–H groups in total. The molecule has 65 heavy (non-hydrogen) atoms. The first kappa shape index (κ1) is 20.4. The summed E-state index contributed by atoms with van der Waals surface area (Å²) in [6.45, 7) is 10.3. The van der Waals surface area contributed by atoms with E-state index in [0.29, 0.717) is 0 Å². The van der Waals surface area contributed by atoms with Gasteiger partial charge >= 0.3 is 0 Å². The van der Waals surface area contributed by atoms with E-state index in [0.717, 1.165) is 16.2 Å². The molecule has 11 aromatic rings. The fourth-order valence-corrected chi connectivity index (χ4v) is 10.4. The van der Waals surface area contributed by atoms with Gasteiger partial charge in [0.1, 0.15) is 5.58 Å². The van der Waals surface area contributed by atoms with Crippen molar-refractivity contribution in [1.82, 2.24) is 4.57 Å². The zero-order valence-corrected chi connectivity index (χ0v) is 36.6. The lowest BCUT2D eigenvalue weighted by Crippen LogP contribution is -2.61. The number of hydrogen-bond donors (Lipinski definition) is 0. The maximum absolute atomic E-state index is 10.5. The molecule has 14 rings (SSSR count). The summed E-state index contributed by atoms with van der Waals surface area (Å²) in [5.74, 6) is 0. The fraction of sp³-hybridized carbons (Fsp3) is 0.153. The minimum atomic E-state index is -1.74. The Kier molecular flexibility index (Phi) is 3.97. The summed E-state index contributed by atoms with van der Waals surface area (Å²) >= 11 is 0.736. The quantitative estimate of drug-likeness (QED) is 0.162. The Hall–Kier alpha value is -7.02. The fourth-order valence-electron chi connectivity index (χ4n) is 9.49. The van der Waals surface area contributed by atoms with Crippen LogP contribution in [-0.4, -0.2) is 11.3 Å². The van der Waals surface area contributed by atoms with Crippen molar-refractivity contribution in [3.8, 4) is 16.8 Å². The molecule has 0 spiro atoms. The third-order valence-electron chi connectivity index (χ3n) is 12.4. The molecule has 0 fully saturated rings. The molecule has 3 aliphatic heterocycles. The number of thiophene rings is 1. The van der Waals surface area contributed by atoms with Crippen LogP contribution in [-0.2, 0) is 10.8 Å². The summed E-state index contributed by atoms with van der Waals surface area (Å²) in [7, 11) is 0. The predicted molar refractivity (Wildman–Crippen MR) is 279 cm³/mol. The van der Waals surface area contributed by atoms with Crippen LogP contribution in [0.1, 0.15) is 92.5 Å². The average Bonchev–Trinajstić information content (AvgIpc) is 1.28. The van der Waals surface area contributed by atoms with Gasteiger partial charge in [-0.05, 0) is 135 Å². The van der Waals surface area contributed by atoms with Crippen molar-refractivity contribution in [3.63, 3.8) is 0 Å². The molecule has 0 saturated carbocycles. The number of benzene rings is 8. The van der Waals surface area contributed by atoms with Crippen molar-refractivity contribution in [2.75, 3.05) is 9.80 Å². The van der Waals surface area contributed by atoms with Gasteiger partial charge in [0.25, 0.3) is 6.71 Å². The minimum Gasteiger partial charge on any atom is -0.468 e. The lowest BCUT2D eigenvalue weighted by Gasteiger charge is -2.45. The number of nitrogens with zero attached hydrogens (tertiary/aromatic N) is 3. The van der Waals surface area contributed by atoms with Gasteiger partial charge in [-0.25, -0.2) is 0 Å². The second kappa shape index (κ2) is 12.6. The van der Waals surface area contributed by atoms with Gasteiger partial charge in [0, 0.05) is 53.4 Å². The van der Waals surface area contributed by atoms with E-state index in [2.05, 4.69) is 0 Å². The standard InChI is InChI=1S/C59H46BN3OS/c1-33-26-47-53-48(27-33)63-49-31-37(59(5,6)7)30-42-40-29-36(58(2,3)4)21-23-45(40)62(54(42)49)46-18-13-17-44(56(46)63)60(53)57-55(43-28-35(20-24-50(43)64-57)34-14-9-8-10-15-34)61(47)38-22-25-52-41(32-38)39-16-11-12-19-51(39)65-52/h8-32H,1-7H3/i8D,9D,10D,11D,12D,13D,14D,15D,16D,17D,18D,19D,20D,21D,22D,23D,24D,25D,26D,27D,28D,29D,30D,31D,32D. The van der Waals surface area contributed by atoms with Gasteiger partial charge in [0.2, 0.25) is 0 Å². The molecule has 0 aliphatic carbocycles. The normalized spacial score (nSPS) is 19.4. The molecule has 312 valence electrons. The number of hydrogen-bond acceptors (Lipinski definition) is 4. The Morgan fingerprint density at radius 2 is 1.29 bits per heavy atom. The van der Waals surface area contributed by atoms with Crippen LogP contribution in [0.4, 0.5) is 34.1 Å². The third kappa shape index (κ3) is 5.03. The molecule has 3 aromatic heterocycles. The number of fused-ring (bicyclic) bond motifs is 14. The van der Waals surface area contributed by atoms with Gasteiger partial charge in [-0.2, -0.15) is 0 Å². The van der Waals surface area contributed by atoms with Crippen LogP contribution >= 0.6 is 11.3 Å². The second-order valence-corrected chi connectivity index (χ2v) is 19.6. The first-order valence-corrected chi connectivity index (χ1v) is 21.8. The molecule has 0 saturated heterocycles. The molecule has 0 amide bonds. The van der Waals surface area contributed by atoms with E-state index in [9.17, 15) is 23.3 Å². The number of furan rings is 1. The molecule has 6 heterocycles. The maximum atomic E-state index is 10.5. The summed E-state index contributed by atoms with van der Waals surface area (Å²) in [5, 5.41) is -0.902. The van der Waals surface area contributed by atoms with Crippen molar-refractivity contribution in [2.24, 2.45) is 0 Å². The van der Waals surface area contributed by atoms with Crippen LogP contribution in [0.5, 0.6) is 0 Å². The molecule has 0 bridgehead atoms. The summed E-state index contributed by atoms with van der Waals surface area (Å²) < 4.78 is 248. The average molecular weight is 881 g/mol. The molecule has 8 aromatic carbocycles. The lowest BCUT2D eigenvalue weighted by molar-refractivity contribution is 0.590. The van der Waals surface area contributed by atoms with E-state index in [-0.39, 0.29) is 122 Å². The number of para-hydroxylation sites is 1. The minimum absolute atomic E-state index is 0.00360. The predicted octanol–water partition coefficient (Wildman–Crippen LogP) is 14.9. The Morgan fingerprint density at radius 3 is 2.11 bits per heavy atom. The SMILES string of the molecule is [2H]c1c([2H])c([2H])c(-c2c([2H])c([2H])c3oc4c(c3c2[2H])N(c2c([2H])c([2H])c3sc5c([2H])c([2H])c([2H])c([2H])c5c3c2[2H])c2c([2H])c(C)c([2H])c3c2B4c2c([2H])c([2H])c([2H])c4c2N3c2c([2H])c(C(C)(C)C)c([2H])c3c5c([2H])c(C(C)(C)C)c([2H])c([2H])c5n-4c23)c([2H])c1[2H]. The second-order valence-electron chi connectivity index (χ2n) is 18.6. The summed E-state index contributed by atoms with van der Waals surface area (Å²) in [6, 6.07) is -15.8.